The van der Waals surface area contributed by atoms with Gasteiger partial charge in [-0.05, 0) is 56.6 Å². The first-order valence-electron chi connectivity index (χ1n) is 11.8. The molecule has 1 saturated carbocycles. The lowest BCUT2D eigenvalue weighted by Gasteiger charge is -2.30. The molecule has 1 saturated heterocycles. The minimum absolute atomic E-state index is 0.0109. The van der Waals surface area contributed by atoms with Crippen molar-refractivity contribution in [3.8, 4) is 0 Å². The normalized spacial score (nSPS) is 23.6. The molecule has 0 amide bonds. The highest BCUT2D eigenvalue weighted by atomic mass is 35.5. The number of ether oxygens (including phenoxy) is 1. The van der Waals surface area contributed by atoms with Crippen molar-refractivity contribution in [2.45, 2.75) is 50.6 Å². The first kappa shape index (κ1) is 22.2. The van der Waals surface area contributed by atoms with Gasteiger partial charge >= 0.3 is 5.69 Å². The van der Waals surface area contributed by atoms with Gasteiger partial charge < -0.3 is 10.1 Å². The fraction of sp³-hybridized carbons (Fsp3) is 0.542. The van der Waals surface area contributed by atoms with E-state index >= 15 is 0 Å². The van der Waals surface area contributed by atoms with Crippen LogP contribution in [-0.4, -0.2) is 38.7 Å². The number of fused-ring (bicyclic) bond motifs is 1. The number of para-hydroxylation sites is 2. The minimum atomic E-state index is -0.257. The average molecular weight is 472 g/mol. The standard InChI is InChI=1S/C24H30ClN5O3/c1-28-20-6-2-3-7-21(20)29(24(28)32)17-8-10-18(11-9-17)30-23(31)22(25)19(14-27-30)26-13-16-5-4-12-33-15-16/h2-3,6-7,14,16-18,26H,4-5,8-13,15H2,1H3/t16-,17-,18+/m0/s1. The van der Waals surface area contributed by atoms with Crippen LogP contribution < -0.4 is 16.6 Å². The maximum atomic E-state index is 13.0. The number of anilines is 1. The summed E-state index contributed by atoms with van der Waals surface area (Å²) in [6.45, 7) is 2.28. The number of halogens is 1. The van der Waals surface area contributed by atoms with Gasteiger partial charge in [0.05, 0.1) is 35.6 Å². The summed E-state index contributed by atoms with van der Waals surface area (Å²) in [5, 5.41) is 7.92. The summed E-state index contributed by atoms with van der Waals surface area (Å²) < 4.78 is 10.7. The molecule has 1 atom stereocenters. The number of imidazole rings is 1. The third kappa shape index (κ3) is 4.22. The van der Waals surface area contributed by atoms with Crippen molar-refractivity contribution in [1.82, 2.24) is 18.9 Å². The number of nitrogens with one attached hydrogen (secondary N) is 1. The molecule has 1 aromatic carbocycles. The lowest BCUT2D eigenvalue weighted by Crippen LogP contribution is -2.33. The van der Waals surface area contributed by atoms with E-state index in [0.717, 1.165) is 69.3 Å². The third-order valence-electron chi connectivity index (χ3n) is 7.15. The van der Waals surface area contributed by atoms with Crippen LogP contribution in [0, 0.1) is 5.92 Å². The van der Waals surface area contributed by atoms with Gasteiger partial charge in [-0.25, -0.2) is 9.48 Å². The minimum Gasteiger partial charge on any atom is -0.382 e. The highest BCUT2D eigenvalue weighted by Gasteiger charge is 2.28. The topological polar surface area (TPSA) is 83.1 Å². The first-order valence-corrected chi connectivity index (χ1v) is 12.2. The van der Waals surface area contributed by atoms with Crippen LogP contribution in [0.5, 0.6) is 0 Å². The van der Waals surface area contributed by atoms with Crippen LogP contribution in [0.1, 0.15) is 50.6 Å². The third-order valence-corrected chi connectivity index (χ3v) is 7.52. The van der Waals surface area contributed by atoms with E-state index < -0.39 is 0 Å². The van der Waals surface area contributed by atoms with Gasteiger partial charge in [-0.2, -0.15) is 5.10 Å². The highest BCUT2D eigenvalue weighted by molar-refractivity contribution is 6.32. The summed E-state index contributed by atoms with van der Waals surface area (Å²) >= 11 is 6.43. The monoisotopic (exact) mass is 471 g/mol. The predicted molar refractivity (Wildman–Crippen MR) is 129 cm³/mol. The van der Waals surface area contributed by atoms with Crippen molar-refractivity contribution < 1.29 is 4.74 Å². The number of nitrogens with zero attached hydrogens (tertiary/aromatic N) is 4. The van der Waals surface area contributed by atoms with E-state index in [-0.39, 0.29) is 28.4 Å². The maximum absolute atomic E-state index is 13.0. The zero-order valence-electron chi connectivity index (χ0n) is 18.9. The summed E-state index contributed by atoms with van der Waals surface area (Å²) in [6.07, 6.45) is 7.00. The molecule has 33 heavy (non-hydrogen) atoms. The number of aryl methyl sites for hydroxylation is 1. The molecular formula is C24H30ClN5O3. The second-order valence-corrected chi connectivity index (χ2v) is 9.63. The second kappa shape index (κ2) is 9.35. The van der Waals surface area contributed by atoms with E-state index in [2.05, 4.69) is 10.4 Å². The Hall–Kier alpha value is -2.58. The van der Waals surface area contributed by atoms with E-state index in [0.29, 0.717) is 11.6 Å². The van der Waals surface area contributed by atoms with E-state index in [1.165, 1.54) is 4.68 Å². The van der Waals surface area contributed by atoms with E-state index in [1.54, 1.807) is 10.8 Å². The smallest absolute Gasteiger partial charge is 0.329 e. The van der Waals surface area contributed by atoms with Gasteiger partial charge in [0.1, 0.15) is 5.02 Å². The predicted octanol–water partition coefficient (Wildman–Crippen LogP) is 3.75. The van der Waals surface area contributed by atoms with Crippen molar-refractivity contribution in [1.29, 1.82) is 0 Å². The molecule has 3 heterocycles. The average Bonchev–Trinajstić information content (AvgIpc) is 3.11. The van der Waals surface area contributed by atoms with Crippen molar-refractivity contribution in [2.24, 2.45) is 13.0 Å². The number of benzene rings is 1. The molecule has 3 aromatic rings. The summed E-state index contributed by atoms with van der Waals surface area (Å²) in [4.78, 5) is 25.8. The number of hydrogen-bond donors (Lipinski definition) is 1. The van der Waals surface area contributed by atoms with Crippen LogP contribution in [0.15, 0.2) is 40.1 Å². The van der Waals surface area contributed by atoms with Gasteiger partial charge in [-0.15, -0.1) is 0 Å². The number of aromatic nitrogens is 4. The Bertz CT molecular complexity index is 1250. The van der Waals surface area contributed by atoms with Gasteiger partial charge in [-0.1, -0.05) is 23.7 Å². The Labute approximate surface area is 197 Å². The Morgan fingerprint density at radius 2 is 1.82 bits per heavy atom. The lowest BCUT2D eigenvalue weighted by molar-refractivity contribution is 0.0595. The van der Waals surface area contributed by atoms with Crippen molar-refractivity contribution in [3.05, 3.63) is 56.3 Å². The Morgan fingerprint density at radius 1 is 1.09 bits per heavy atom. The molecule has 1 N–H and O–H groups in total. The van der Waals surface area contributed by atoms with Gasteiger partial charge in [0, 0.05) is 26.2 Å². The van der Waals surface area contributed by atoms with Crippen molar-refractivity contribution in [3.63, 3.8) is 0 Å². The van der Waals surface area contributed by atoms with E-state index in [4.69, 9.17) is 16.3 Å². The first-order chi connectivity index (χ1) is 16.0. The van der Waals surface area contributed by atoms with Gasteiger partial charge in [0.25, 0.3) is 5.56 Å². The molecule has 2 fully saturated rings. The van der Waals surface area contributed by atoms with E-state index in [9.17, 15) is 9.59 Å². The Kier molecular flexibility index (Phi) is 6.29. The summed E-state index contributed by atoms with van der Waals surface area (Å²) in [7, 11) is 1.81. The molecular weight excluding hydrogens is 442 g/mol. The molecule has 9 heteroatoms. The van der Waals surface area contributed by atoms with Crippen LogP contribution in [0.3, 0.4) is 0 Å². The Morgan fingerprint density at radius 3 is 2.55 bits per heavy atom. The highest BCUT2D eigenvalue weighted by Crippen LogP contribution is 2.35. The van der Waals surface area contributed by atoms with E-state index in [1.807, 2.05) is 35.9 Å². The number of hydrogen-bond acceptors (Lipinski definition) is 5. The second-order valence-electron chi connectivity index (χ2n) is 9.25. The molecule has 2 aliphatic rings. The molecule has 0 unspecified atom stereocenters. The number of rotatable bonds is 5. The fourth-order valence-electron chi connectivity index (χ4n) is 5.28. The van der Waals surface area contributed by atoms with Crippen LogP contribution in [0.2, 0.25) is 5.02 Å². The largest absolute Gasteiger partial charge is 0.382 e. The molecule has 1 aliphatic carbocycles. The van der Waals surface area contributed by atoms with Crippen molar-refractivity contribution in [2.75, 3.05) is 25.1 Å². The molecule has 0 radical (unpaired) electrons. The fourth-order valence-corrected chi connectivity index (χ4v) is 5.49. The van der Waals surface area contributed by atoms with Crippen molar-refractivity contribution >= 4 is 28.3 Å². The molecule has 5 rings (SSSR count). The maximum Gasteiger partial charge on any atom is 0.329 e. The summed E-state index contributed by atoms with van der Waals surface area (Å²) in [5.74, 6) is 0.421. The summed E-state index contributed by atoms with van der Waals surface area (Å²) in [5.41, 5.74) is 2.24. The molecule has 0 spiro atoms. The van der Waals surface area contributed by atoms with Gasteiger partial charge in [0.15, 0.2) is 0 Å². The summed E-state index contributed by atoms with van der Waals surface area (Å²) in [6, 6.07) is 7.99. The molecule has 8 nitrogen and oxygen atoms in total. The zero-order valence-corrected chi connectivity index (χ0v) is 19.6. The molecule has 1 aliphatic heterocycles. The Balaban J connectivity index is 1.28. The van der Waals surface area contributed by atoms with Crippen LogP contribution in [-0.2, 0) is 11.8 Å². The zero-order chi connectivity index (χ0) is 22.9. The van der Waals surface area contributed by atoms with Crippen LogP contribution in [0.25, 0.3) is 11.0 Å². The van der Waals surface area contributed by atoms with Crippen LogP contribution in [0.4, 0.5) is 5.69 Å². The lowest BCUT2D eigenvalue weighted by atomic mass is 9.91. The van der Waals surface area contributed by atoms with Gasteiger partial charge in [0.2, 0.25) is 0 Å². The molecule has 2 aromatic heterocycles. The molecule has 0 bridgehead atoms. The SMILES string of the molecule is Cn1c(=O)n([C@H]2CC[C@@H](n3ncc(NC[C@@H]4CCCOC4)c(Cl)c3=O)CC2)c2ccccc21. The molecule has 176 valence electrons. The quantitative estimate of drug-likeness (QED) is 0.612. The van der Waals surface area contributed by atoms with Crippen LogP contribution >= 0.6 is 11.6 Å². The van der Waals surface area contributed by atoms with Gasteiger partial charge in [-0.3, -0.25) is 13.9 Å².